The SMILES string of the molecule is C=NC(C#N)c1ccc(OC(=O)C(=C)C)cc1.CC. The topological polar surface area (TPSA) is 62.4 Å². The van der Waals surface area contributed by atoms with Gasteiger partial charge in [-0.1, -0.05) is 32.6 Å². The molecule has 0 aliphatic heterocycles. The van der Waals surface area contributed by atoms with Crippen LogP contribution in [0.4, 0.5) is 0 Å². The fourth-order valence-electron chi connectivity index (χ4n) is 1.13. The highest BCUT2D eigenvalue weighted by Crippen LogP contribution is 2.20. The molecular formula is C15H18N2O2. The van der Waals surface area contributed by atoms with Crippen molar-refractivity contribution < 1.29 is 9.53 Å². The summed E-state index contributed by atoms with van der Waals surface area (Å²) in [4.78, 5) is 14.9. The van der Waals surface area contributed by atoms with Gasteiger partial charge >= 0.3 is 5.97 Å². The van der Waals surface area contributed by atoms with E-state index in [1.165, 1.54) is 0 Å². The molecule has 0 bridgehead atoms. The summed E-state index contributed by atoms with van der Waals surface area (Å²) in [6.45, 7) is 12.4. The lowest BCUT2D eigenvalue weighted by Crippen LogP contribution is -2.08. The number of nitrogens with zero attached hydrogens (tertiary/aromatic N) is 2. The van der Waals surface area contributed by atoms with Gasteiger partial charge in [-0.05, 0) is 31.3 Å². The molecule has 0 heterocycles. The number of aliphatic imine (C=N–C) groups is 1. The van der Waals surface area contributed by atoms with Crippen LogP contribution in [0.1, 0.15) is 32.4 Å². The summed E-state index contributed by atoms with van der Waals surface area (Å²) < 4.78 is 5.01. The molecule has 19 heavy (non-hydrogen) atoms. The summed E-state index contributed by atoms with van der Waals surface area (Å²) >= 11 is 0. The van der Waals surface area contributed by atoms with Crippen molar-refractivity contribution in [1.29, 1.82) is 5.26 Å². The molecule has 0 fully saturated rings. The number of benzene rings is 1. The molecule has 0 saturated heterocycles. The average Bonchev–Trinajstić information content (AvgIpc) is 2.44. The van der Waals surface area contributed by atoms with E-state index in [1.54, 1.807) is 31.2 Å². The van der Waals surface area contributed by atoms with Gasteiger partial charge in [0.2, 0.25) is 0 Å². The first-order valence-corrected chi connectivity index (χ1v) is 5.91. The second-order valence-electron chi connectivity index (χ2n) is 3.45. The molecule has 1 atom stereocenters. The zero-order valence-electron chi connectivity index (χ0n) is 11.5. The van der Waals surface area contributed by atoms with Gasteiger partial charge in [-0.3, -0.25) is 4.99 Å². The summed E-state index contributed by atoms with van der Waals surface area (Å²) in [5.74, 6) is -0.0704. The number of esters is 1. The van der Waals surface area contributed by atoms with Gasteiger partial charge in [0.05, 0.1) is 6.07 Å². The molecule has 0 amide bonds. The molecule has 0 aliphatic carbocycles. The van der Waals surface area contributed by atoms with Crippen LogP contribution in [0, 0.1) is 11.3 Å². The second kappa shape index (κ2) is 8.65. The monoisotopic (exact) mass is 258 g/mol. The van der Waals surface area contributed by atoms with E-state index in [0.29, 0.717) is 16.9 Å². The Balaban J connectivity index is 0.00000154. The molecule has 4 nitrogen and oxygen atoms in total. The van der Waals surface area contributed by atoms with E-state index in [0.717, 1.165) is 0 Å². The first-order valence-electron chi connectivity index (χ1n) is 5.91. The van der Waals surface area contributed by atoms with Gasteiger partial charge in [-0.2, -0.15) is 5.26 Å². The molecule has 1 unspecified atom stereocenters. The summed E-state index contributed by atoms with van der Waals surface area (Å²) in [5, 5.41) is 8.79. The molecule has 1 aromatic carbocycles. The fraction of sp³-hybridized carbons (Fsp3) is 0.267. The van der Waals surface area contributed by atoms with Crippen LogP contribution in [-0.4, -0.2) is 12.7 Å². The van der Waals surface area contributed by atoms with Crippen LogP contribution < -0.4 is 4.74 Å². The molecule has 100 valence electrons. The van der Waals surface area contributed by atoms with Crippen molar-refractivity contribution in [3.63, 3.8) is 0 Å². The fourth-order valence-corrected chi connectivity index (χ4v) is 1.13. The number of hydrogen-bond donors (Lipinski definition) is 0. The maximum absolute atomic E-state index is 11.2. The van der Waals surface area contributed by atoms with Crippen molar-refractivity contribution in [3.05, 3.63) is 42.0 Å². The van der Waals surface area contributed by atoms with Crippen molar-refractivity contribution in [2.24, 2.45) is 4.99 Å². The van der Waals surface area contributed by atoms with Crippen LogP contribution in [0.3, 0.4) is 0 Å². The van der Waals surface area contributed by atoms with Gasteiger partial charge in [0.25, 0.3) is 0 Å². The summed E-state index contributed by atoms with van der Waals surface area (Å²) in [6.07, 6.45) is 0. The minimum absolute atomic E-state index is 0.330. The predicted molar refractivity (Wildman–Crippen MR) is 76.1 cm³/mol. The molecule has 0 saturated carbocycles. The van der Waals surface area contributed by atoms with E-state index in [-0.39, 0.29) is 0 Å². The Labute approximate surface area is 114 Å². The number of carbonyl (C=O) groups is 1. The number of hydrogen-bond acceptors (Lipinski definition) is 4. The highest BCUT2D eigenvalue weighted by Gasteiger charge is 2.08. The highest BCUT2D eigenvalue weighted by molar-refractivity contribution is 5.88. The van der Waals surface area contributed by atoms with Gasteiger partial charge in [0.1, 0.15) is 5.75 Å². The minimum atomic E-state index is -0.596. The molecule has 0 aromatic heterocycles. The Morgan fingerprint density at radius 2 is 1.89 bits per heavy atom. The molecule has 0 N–H and O–H groups in total. The smallest absolute Gasteiger partial charge is 0.338 e. The van der Waals surface area contributed by atoms with Crippen molar-refractivity contribution in [2.45, 2.75) is 26.8 Å². The lowest BCUT2D eigenvalue weighted by molar-refractivity contribution is -0.130. The van der Waals surface area contributed by atoms with Gasteiger partial charge < -0.3 is 4.74 Å². The van der Waals surface area contributed by atoms with Gasteiger partial charge in [-0.15, -0.1) is 0 Å². The van der Waals surface area contributed by atoms with Gasteiger partial charge in [0, 0.05) is 5.57 Å². The molecule has 1 aromatic rings. The number of rotatable bonds is 4. The van der Waals surface area contributed by atoms with E-state index in [4.69, 9.17) is 10.00 Å². The van der Waals surface area contributed by atoms with Crippen LogP contribution in [-0.2, 0) is 4.79 Å². The third-order valence-corrected chi connectivity index (χ3v) is 2.06. The molecular weight excluding hydrogens is 240 g/mol. The number of carbonyl (C=O) groups excluding carboxylic acids is 1. The maximum Gasteiger partial charge on any atom is 0.338 e. The van der Waals surface area contributed by atoms with Crippen molar-refractivity contribution in [1.82, 2.24) is 0 Å². The number of nitriles is 1. The zero-order chi connectivity index (χ0) is 14.8. The van der Waals surface area contributed by atoms with E-state index in [9.17, 15) is 4.79 Å². The van der Waals surface area contributed by atoms with E-state index < -0.39 is 12.0 Å². The quantitative estimate of drug-likeness (QED) is 0.359. The predicted octanol–water partition coefficient (Wildman–Crippen LogP) is 3.46. The highest BCUT2D eigenvalue weighted by atomic mass is 16.5. The number of ether oxygens (including phenoxy) is 1. The van der Waals surface area contributed by atoms with Crippen LogP contribution in [0.5, 0.6) is 5.75 Å². The summed E-state index contributed by atoms with van der Waals surface area (Å²) in [5.41, 5.74) is 1.04. The first kappa shape index (κ1) is 16.6. The summed E-state index contributed by atoms with van der Waals surface area (Å²) in [6, 6.07) is 7.95. The molecule has 1 rings (SSSR count). The third kappa shape index (κ3) is 5.17. The molecule has 0 radical (unpaired) electrons. The Bertz CT molecular complexity index is 484. The second-order valence-corrected chi connectivity index (χ2v) is 3.45. The van der Waals surface area contributed by atoms with E-state index in [1.807, 2.05) is 19.9 Å². The molecule has 0 aliphatic rings. The van der Waals surface area contributed by atoms with Gasteiger partial charge in [0.15, 0.2) is 6.04 Å². The van der Waals surface area contributed by atoms with E-state index in [2.05, 4.69) is 18.3 Å². The third-order valence-electron chi connectivity index (χ3n) is 2.06. The normalized spacial score (nSPS) is 10.2. The minimum Gasteiger partial charge on any atom is -0.423 e. The largest absolute Gasteiger partial charge is 0.423 e. The van der Waals surface area contributed by atoms with Crippen molar-refractivity contribution in [2.75, 3.05) is 0 Å². The van der Waals surface area contributed by atoms with Crippen LogP contribution in [0.25, 0.3) is 0 Å². The Hall–Kier alpha value is -2.41. The summed E-state index contributed by atoms with van der Waals surface area (Å²) in [7, 11) is 0. The molecule has 4 heteroatoms. The van der Waals surface area contributed by atoms with Crippen LogP contribution in [0.15, 0.2) is 41.4 Å². The maximum atomic E-state index is 11.2. The lowest BCUT2D eigenvalue weighted by atomic mass is 10.1. The van der Waals surface area contributed by atoms with Crippen LogP contribution >= 0.6 is 0 Å². The van der Waals surface area contributed by atoms with Crippen molar-refractivity contribution in [3.8, 4) is 11.8 Å². The van der Waals surface area contributed by atoms with Crippen molar-refractivity contribution >= 4 is 12.7 Å². The van der Waals surface area contributed by atoms with E-state index >= 15 is 0 Å². The Morgan fingerprint density at radius 3 is 2.26 bits per heavy atom. The standard InChI is InChI=1S/C13H12N2O2.C2H6/c1-9(2)13(16)17-11-6-4-10(5-7-11)12(8-14)15-3;1-2/h4-7,12H,1,3H2,2H3;1-2H3. The van der Waals surface area contributed by atoms with Gasteiger partial charge in [-0.25, -0.2) is 4.79 Å². The molecule has 0 spiro atoms. The van der Waals surface area contributed by atoms with Crippen LogP contribution in [0.2, 0.25) is 0 Å². The lowest BCUT2D eigenvalue weighted by Gasteiger charge is -2.06. The zero-order valence-corrected chi connectivity index (χ0v) is 11.5. The average molecular weight is 258 g/mol. The Kier molecular flexibility index (Phi) is 7.55. The first-order chi connectivity index (χ1) is 9.08. The Morgan fingerprint density at radius 1 is 1.37 bits per heavy atom.